The highest BCUT2D eigenvalue weighted by atomic mass is 35.5. The van der Waals surface area contributed by atoms with Gasteiger partial charge in [-0.05, 0) is 25.0 Å². The second kappa shape index (κ2) is 9.31. The second-order valence-corrected chi connectivity index (χ2v) is 11.6. The van der Waals surface area contributed by atoms with Crippen molar-refractivity contribution in [2.24, 2.45) is 0 Å². The Kier molecular flexibility index (Phi) is 8.33. The minimum Gasteiger partial charge on any atom is -0.480 e. The number of sulfonamides is 1. The molecule has 1 aromatic rings. The van der Waals surface area contributed by atoms with Crippen molar-refractivity contribution in [3.8, 4) is 0 Å². The van der Waals surface area contributed by atoms with Crippen LogP contribution in [-0.2, 0) is 24.7 Å². The van der Waals surface area contributed by atoms with E-state index in [1.807, 2.05) is 18.6 Å². The van der Waals surface area contributed by atoms with E-state index in [4.69, 9.17) is 11.6 Å². The van der Waals surface area contributed by atoms with Crippen LogP contribution in [-0.4, -0.2) is 45.0 Å². The van der Waals surface area contributed by atoms with Crippen LogP contribution >= 0.6 is 22.9 Å². The largest absolute Gasteiger partial charge is 0.480 e. The van der Waals surface area contributed by atoms with Gasteiger partial charge in [-0.3, -0.25) is 4.79 Å². The molecule has 0 aliphatic heterocycles. The van der Waals surface area contributed by atoms with Gasteiger partial charge >= 0.3 is 5.97 Å². The fraction of sp³-hybridized carbons (Fsp3) is 0.643. The van der Waals surface area contributed by atoms with Gasteiger partial charge in [0, 0.05) is 0 Å². The maximum absolute atomic E-state index is 12.5. The Balaban J connectivity index is 3.02. The first kappa shape index (κ1) is 22.4. The van der Waals surface area contributed by atoms with Crippen LogP contribution in [0.25, 0.3) is 0 Å². The zero-order chi connectivity index (χ0) is 19.3. The summed E-state index contributed by atoms with van der Waals surface area (Å²) in [5.41, 5.74) is 0. The number of aliphatic carboxylic acids is 1. The molecule has 0 bridgehead atoms. The Morgan fingerprint density at radius 2 is 1.76 bits per heavy atom. The number of carbonyl (C=O) groups is 1. The zero-order valence-corrected chi connectivity index (χ0v) is 17.1. The Hall–Kier alpha value is -0.680. The Morgan fingerprint density at radius 1 is 1.20 bits per heavy atom. The minimum absolute atomic E-state index is 0.167. The Labute approximate surface area is 157 Å². The monoisotopic (exact) mass is 431 g/mol. The topological polar surface area (TPSA) is 118 Å². The molecule has 0 saturated heterocycles. The highest BCUT2D eigenvalue weighted by Gasteiger charge is 2.34. The van der Waals surface area contributed by atoms with E-state index in [0.29, 0.717) is 25.7 Å². The first-order valence-electron chi connectivity index (χ1n) is 7.75. The van der Waals surface area contributed by atoms with E-state index in [1.165, 1.54) is 12.1 Å². The molecule has 0 spiro atoms. The number of sulfone groups is 1. The predicted octanol–water partition coefficient (Wildman–Crippen LogP) is 2.52. The standard InChI is InChI=1S/C14H22ClNO6S3/c1-3-5-10(6-4-2)24(19,20)9-11(14(17)18)16-25(21,22)13-8-7-12(15)23-13/h7-8,10-11,16H,3-6,9H2,1-2H3,(H,17,18)/t11-/m0/s1. The summed E-state index contributed by atoms with van der Waals surface area (Å²) in [5, 5.41) is 8.60. The molecule has 0 aliphatic carbocycles. The van der Waals surface area contributed by atoms with E-state index in [9.17, 15) is 26.7 Å². The lowest BCUT2D eigenvalue weighted by Gasteiger charge is -2.20. The average molecular weight is 432 g/mol. The maximum Gasteiger partial charge on any atom is 0.322 e. The molecular weight excluding hydrogens is 410 g/mol. The van der Waals surface area contributed by atoms with Gasteiger partial charge in [-0.1, -0.05) is 38.3 Å². The number of halogens is 1. The molecule has 1 atom stereocenters. The molecule has 0 radical (unpaired) electrons. The molecule has 25 heavy (non-hydrogen) atoms. The molecule has 2 N–H and O–H groups in total. The summed E-state index contributed by atoms with van der Waals surface area (Å²) < 4.78 is 51.6. The minimum atomic E-state index is -4.17. The van der Waals surface area contributed by atoms with Gasteiger partial charge in [0.2, 0.25) is 0 Å². The fourth-order valence-corrected chi connectivity index (χ4v) is 7.31. The average Bonchev–Trinajstić information content (AvgIpc) is 2.93. The third kappa shape index (κ3) is 6.52. The van der Waals surface area contributed by atoms with Crippen molar-refractivity contribution in [3.63, 3.8) is 0 Å². The summed E-state index contributed by atoms with van der Waals surface area (Å²) in [7, 11) is -7.94. The lowest BCUT2D eigenvalue weighted by atomic mass is 10.2. The smallest absolute Gasteiger partial charge is 0.322 e. The van der Waals surface area contributed by atoms with Crippen LogP contribution < -0.4 is 4.72 Å². The van der Waals surface area contributed by atoms with E-state index in [1.54, 1.807) is 0 Å². The fourth-order valence-electron chi connectivity index (χ4n) is 2.36. The van der Waals surface area contributed by atoms with Crippen LogP contribution in [0, 0.1) is 0 Å². The van der Waals surface area contributed by atoms with Gasteiger partial charge in [0.25, 0.3) is 10.0 Å². The van der Waals surface area contributed by atoms with Gasteiger partial charge in [0.15, 0.2) is 9.84 Å². The van der Waals surface area contributed by atoms with E-state index < -0.39 is 42.9 Å². The van der Waals surface area contributed by atoms with Gasteiger partial charge < -0.3 is 5.11 Å². The third-order valence-electron chi connectivity index (χ3n) is 3.54. The molecule has 0 fully saturated rings. The van der Waals surface area contributed by atoms with E-state index in [0.717, 1.165) is 11.3 Å². The van der Waals surface area contributed by atoms with Crippen LogP contribution in [0.5, 0.6) is 0 Å². The summed E-state index contributed by atoms with van der Waals surface area (Å²) in [6, 6.07) is 0.845. The number of carboxylic acid groups (broad SMARTS) is 1. The van der Waals surface area contributed by atoms with Crippen LogP contribution in [0.3, 0.4) is 0 Å². The molecule has 1 heterocycles. The first-order chi connectivity index (χ1) is 11.5. The number of rotatable bonds is 11. The summed E-state index contributed by atoms with van der Waals surface area (Å²) in [5.74, 6) is -2.33. The van der Waals surface area contributed by atoms with Crippen LogP contribution in [0.4, 0.5) is 0 Å². The molecule has 7 nitrogen and oxygen atoms in total. The molecule has 1 aromatic heterocycles. The van der Waals surface area contributed by atoms with Crippen molar-refractivity contribution in [1.82, 2.24) is 4.72 Å². The van der Waals surface area contributed by atoms with Crippen LogP contribution in [0.2, 0.25) is 4.34 Å². The quantitative estimate of drug-likeness (QED) is 0.555. The highest BCUT2D eigenvalue weighted by molar-refractivity contribution is 7.92. The zero-order valence-electron chi connectivity index (χ0n) is 13.9. The lowest BCUT2D eigenvalue weighted by molar-refractivity contribution is -0.138. The number of thiophene rings is 1. The summed E-state index contributed by atoms with van der Waals surface area (Å²) in [4.78, 5) is 11.4. The Morgan fingerprint density at radius 3 is 2.16 bits per heavy atom. The third-order valence-corrected chi connectivity index (χ3v) is 9.02. The molecule has 0 saturated carbocycles. The molecular formula is C14H22ClNO6S3. The molecule has 144 valence electrons. The van der Waals surface area contributed by atoms with Crippen LogP contribution in [0.1, 0.15) is 39.5 Å². The number of hydrogen-bond donors (Lipinski definition) is 2. The van der Waals surface area contributed by atoms with Gasteiger partial charge in [0.05, 0.1) is 15.3 Å². The molecule has 0 aliphatic rings. The molecule has 0 amide bonds. The summed E-state index contributed by atoms with van der Waals surface area (Å²) in [6.07, 6.45) is 2.10. The van der Waals surface area contributed by atoms with Gasteiger partial charge in [-0.2, -0.15) is 4.72 Å². The Bertz CT molecular complexity index is 781. The highest BCUT2D eigenvalue weighted by Crippen LogP contribution is 2.26. The second-order valence-electron chi connectivity index (χ2n) is 5.60. The van der Waals surface area contributed by atoms with Crippen molar-refractivity contribution in [1.29, 1.82) is 0 Å². The summed E-state index contributed by atoms with van der Waals surface area (Å²) >= 11 is 6.46. The van der Waals surface area contributed by atoms with Gasteiger partial charge in [-0.15, -0.1) is 11.3 Å². The maximum atomic E-state index is 12.5. The predicted molar refractivity (Wildman–Crippen MR) is 98.5 cm³/mol. The van der Waals surface area contributed by atoms with E-state index in [2.05, 4.69) is 0 Å². The van der Waals surface area contributed by atoms with Gasteiger partial charge in [-0.25, -0.2) is 16.8 Å². The van der Waals surface area contributed by atoms with Crippen molar-refractivity contribution in [2.75, 3.05) is 5.75 Å². The molecule has 0 unspecified atom stereocenters. The van der Waals surface area contributed by atoms with Crippen molar-refractivity contribution >= 4 is 48.8 Å². The molecule has 11 heteroatoms. The number of carboxylic acids is 1. The lowest BCUT2D eigenvalue weighted by Crippen LogP contribution is -2.46. The van der Waals surface area contributed by atoms with E-state index in [-0.39, 0.29) is 8.55 Å². The molecule has 1 rings (SSSR count). The first-order valence-corrected chi connectivity index (χ1v) is 12.1. The van der Waals surface area contributed by atoms with E-state index >= 15 is 0 Å². The normalized spacial score (nSPS) is 13.9. The molecule has 0 aromatic carbocycles. The number of nitrogens with one attached hydrogen (secondary N) is 1. The van der Waals surface area contributed by atoms with Crippen molar-refractivity contribution in [2.45, 2.75) is 55.0 Å². The van der Waals surface area contributed by atoms with Crippen molar-refractivity contribution < 1.29 is 26.7 Å². The van der Waals surface area contributed by atoms with Crippen molar-refractivity contribution in [3.05, 3.63) is 16.5 Å². The number of hydrogen-bond acceptors (Lipinski definition) is 6. The SMILES string of the molecule is CCCC(CCC)S(=O)(=O)C[C@H](NS(=O)(=O)c1ccc(Cl)s1)C(=O)O. The summed E-state index contributed by atoms with van der Waals surface area (Å²) in [6.45, 7) is 3.69. The van der Waals surface area contributed by atoms with Crippen LogP contribution in [0.15, 0.2) is 16.3 Å². The van der Waals surface area contributed by atoms with Gasteiger partial charge in [0.1, 0.15) is 10.3 Å².